The Morgan fingerprint density at radius 2 is 2.27 bits per heavy atom. The number of anilines is 2. The van der Waals surface area contributed by atoms with Gasteiger partial charge in [-0.3, -0.25) is 5.10 Å². The lowest BCUT2D eigenvalue weighted by Gasteiger charge is -2.04. The van der Waals surface area contributed by atoms with Crippen molar-refractivity contribution < 1.29 is 9.53 Å². The third-order valence-electron chi connectivity index (χ3n) is 3.27. The van der Waals surface area contributed by atoms with E-state index in [1.54, 1.807) is 17.6 Å². The quantitative estimate of drug-likeness (QED) is 0.715. The molecule has 0 fully saturated rings. The molecule has 3 heterocycles. The topological polar surface area (TPSA) is 97.2 Å². The number of carbonyl (C=O) groups excluding carboxylic acids is 1. The number of esters is 1. The molecule has 0 atom stereocenters. The summed E-state index contributed by atoms with van der Waals surface area (Å²) < 4.78 is 6.67. The van der Waals surface area contributed by atoms with Crippen molar-refractivity contribution in [1.29, 1.82) is 0 Å². The summed E-state index contributed by atoms with van der Waals surface area (Å²) in [7, 11) is 0. The highest BCUT2D eigenvalue weighted by molar-refractivity contribution is 5.95. The maximum Gasteiger partial charge on any atom is 0.340 e. The maximum atomic E-state index is 12.0. The lowest BCUT2D eigenvalue weighted by Crippen LogP contribution is -2.04. The molecule has 0 aliphatic carbocycles. The molecule has 0 bridgehead atoms. The third-order valence-corrected chi connectivity index (χ3v) is 3.27. The Morgan fingerprint density at radius 3 is 2.95 bits per heavy atom. The SMILES string of the molecule is CCOC(=O)c1cn2ncnc(Nc3cc(C)[nH]n3)c2c1C. The molecule has 22 heavy (non-hydrogen) atoms. The van der Waals surface area contributed by atoms with Crippen molar-refractivity contribution in [2.45, 2.75) is 20.8 Å². The number of hydrogen-bond acceptors (Lipinski definition) is 6. The normalized spacial score (nSPS) is 10.9. The molecule has 0 amide bonds. The van der Waals surface area contributed by atoms with Crippen molar-refractivity contribution in [3.63, 3.8) is 0 Å². The predicted octanol–water partition coefficient (Wildman–Crippen LogP) is 1.99. The van der Waals surface area contributed by atoms with Crippen molar-refractivity contribution >= 4 is 23.1 Å². The van der Waals surface area contributed by atoms with E-state index in [1.165, 1.54) is 6.33 Å². The molecule has 0 radical (unpaired) electrons. The summed E-state index contributed by atoms with van der Waals surface area (Å²) in [6.07, 6.45) is 3.06. The smallest absolute Gasteiger partial charge is 0.340 e. The van der Waals surface area contributed by atoms with Gasteiger partial charge in [0.05, 0.1) is 12.2 Å². The molecule has 2 N–H and O–H groups in total. The fourth-order valence-electron chi connectivity index (χ4n) is 2.27. The molecule has 0 spiro atoms. The Balaban J connectivity index is 2.06. The zero-order valence-electron chi connectivity index (χ0n) is 12.5. The van der Waals surface area contributed by atoms with E-state index in [9.17, 15) is 4.79 Å². The van der Waals surface area contributed by atoms with E-state index in [2.05, 4.69) is 25.6 Å². The number of aromatic amines is 1. The van der Waals surface area contributed by atoms with E-state index < -0.39 is 0 Å². The number of aromatic nitrogens is 5. The number of H-pyrrole nitrogens is 1. The second kappa shape index (κ2) is 5.47. The van der Waals surface area contributed by atoms with Crippen LogP contribution >= 0.6 is 0 Å². The summed E-state index contributed by atoms with van der Waals surface area (Å²) in [6, 6.07) is 1.86. The zero-order valence-corrected chi connectivity index (χ0v) is 12.5. The van der Waals surface area contributed by atoms with E-state index in [4.69, 9.17) is 4.74 Å². The van der Waals surface area contributed by atoms with Crippen LogP contribution in [0.3, 0.4) is 0 Å². The van der Waals surface area contributed by atoms with E-state index in [0.717, 1.165) is 11.3 Å². The van der Waals surface area contributed by atoms with Crippen molar-refractivity contribution in [3.05, 3.63) is 35.4 Å². The first-order valence-corrected chi connectivity index (χ1v) is 6.89. The highest BCUT2D eigenvalue weighted by Gasteiger charge is 2.19. The largest absolute Gasteiger partial charge is 0.462 e. The molecule has 0 saturated heterocycles. The Bertz CT molecular complexity index is 835. The van der Waals surface area contributed by atoms with Crippen LogP contribution in [0.25, 0.3) is 5.52 Å². The number of hydrogen-bond donors (Lipinski definition) is 2. The van der Waals surface area contributed by atoms with Gasteiger partial charge in [-0.2, -0.15) is 10.2 Å². The molecule has 8 nitrogen and oxygen atoms in total. The van der Waals surface area contributed by atoms with Crippen molar-refractivity contribution in [3.8, 4) is 0 Å². The van der Waals surface area contributed by atoms with Crippen LogP contribution in [0.4, 0.5) is 11.6 Å². The number of nitrogens with one attached hydrogen (secondary N) is 2. The average Bonchev–Trinajstić information content (AvgIpc) is 3.04. The van der Waals surface area contributed by atoms with Gasteiger partial charge in [0.15, 0.2) is 11.6 Å². The van der Waals surface area contributed by atoms with Gasteiger partial charge in [0.2, 0.25) is 0 Å². The van der Waals surface area contributed by atoms with E-state index in [1.807, 2.05) is 19.9 Å². The standard InChI is InChI=1S/C14H16N6O2/c1-4-22-14(21)10-6-20-12(9(10)3)13(15-7-16-20)17-11-5-8(2)18-19-11/h5-7H,4H2,1-3H3,(H2,15,16,17,18,19). The minimum Gasteiger partial charge on any atom is -0.462 e. The Morgan fingerprint density at radius 1 is 1.45 bits per heavy atom. The fourth-order valence-corrected chi connectivity index (χ4v) is 2.27. The van der Waals surface area contributed by atoms with Crippen molar-refractivity contribution in [1.82, 2.24) is 24.8 Å². The molecule has 3 rings (SSSR count). The number of ether oxygens (including phenoxy) is 1. The highest BCUT2D eigenvalue weighted by Crippen LogP contribution is 2.25. The lowest BCUT2D eigenvalue weighted by molar-refractivity contribution is 0.0525. The summed E-state index contributed by atoms with van der Waals surface area (Å²) in [6.45, 7) is 5.85. The summed E-state index contributed by atoms with van der Waals surface area (Å²) in [5, 5.41) is 14.2. The van der Waals surface area contributed by atoms with Crippen molar-refractivity contribution in [2.24, 2.45) is 0 Å². The molecule has 3 aromatic rings. The number of carbonyl (C=O) groups is 1. The second-order valence-corrected chi connectivity index (χ2v) is 4.85. The molecular formula is C14H16N6O2. The Hall–Kier alpha value is -2.90. The minimum absolute atomic E-state index is 0.327. The average molecular weight is 300 g/mol. The highest BCUT2D eigenvalue weighted by atomic mass is 16.5. The van der Waals surface area contributed by atoms with Crippen LogP contribution in [0.5, 0.6) is 0 Å². The second-order valence-electron chi connectivity index (χ2n) is 4.85. The van der Waals surface area contributed by atoms with Gasteiger partial charge in [-0.15, -0.1) is 0 Å². The first-order valence-electron chi connectivity index (χ1n) is 6.89. The number of rotatable bonds is 4. The monoisotopic (exact) mass is 300 g/mol. The molecule has 114 valence electrons. The van der Waals surface area contributed by atoms with Gasteiger partial charge in [0.1, 0.15) is 11.8 Å². The van der Waals surface area contributed by atoms with Crippen LogP contribution in [0.2, 0.25) is 0 Å². The molecule has 0 saturated carbocycles. The number of aryl methyl sites for hydroxylation is 2. The summed E-state index contributed by atoms with van der Waals surface area (Å²) >= 11 is 0. The Labute approximate surface area is 126 Å². The van der Waals surface area contributed by atoms with Crippen LogP contribution in [0, 0.1) is 13.8 Å². The molecular weight excluding hydrogens is 284 g/mol. The number of fused-ring (bicyclic) bond motifs is 1. The van der Waals surface area contributed by atoms with Gasteiger partial charge in [-0.25, -0.2) is 14.3 Å². The van der Waals surface area contributed by atoms with Gasteiger partial charge < -0.3 is 10.1 Å². The van der Waals surface area contributed by atoms with Crippen LogP contribution in [-0.2, 0) is 4.74 Å². The van der Waals surface area contributed by atoms with Crippen LogP contribution in [-0.4, -0.2) is 37.4 Å². The lowest BCUT2D eigenvalue weighted by atomic mass is 10.2. The summed E-state index contributed by atoms with van der Waals surface area (Å²) in [4.78, 5) is 16.2. The van der Waals surface area contributed by atoms with E-state index in [0.29, 0.717) is 29.3 Å². The first kappa shape index (κ1) is 14.1. The minimum atomic E-state index is -0.368. The summed E-state index contributed by atoms with van der Waals surface area (Å²) in [5.74, 6) is 0.859. The van der Waals surface area contributed by atoms with Gasteiger partial charge in [-0.1, -0.05) is 0 Å². The molecule has 0 aliphatic heterocycles. The molecule has 0 unspecified atom stereocenters. The predicted molar refractivity (Wildman–Crippen MR) is 80.3 cm³/mol. The molecule has 0 aromatic carbocycles. The van der Waals surface area contributed by atoms with E-state index >= 15 is 0 Å². The van der Waals surface area contributed by atoms with E-state index in [-0.39, 0.29) is 5.97 Å². The molecule has 0 aliphatic rings. The van der Waals surface area contributed by atoms with Crippen LogP contribution in [0.1, 0.15) is 28.5 Å². The fraction of sp³-hybridized carbons (Fsp3) is 0.286. The van der Waals surface area contributed by atoms with Gasteiger partial charge in [-0.05, 0) is 26.3 Å². The molecule has 8 heteroatoms. The third kappa shape index (κ3) is 2.39. The van der Waals surface area contributed by atoms with Crippen LogP contribution < -0.4 is 5.32 Å². The van der Waals surface area contributed by atoms with Gasteiger partial charge >= 0.3 is 5.97 Å². The Kier molecular flexibility index (Phi) is 3.50. The zero-order chi connectivity index (χ0) is 15.7. The number of nitrogens with zero attached hydrogens (tertiary/aromatic N) is 4. The van der Waals surface area contributed by atoms with Crippen LogP contribution in [0.15, 0.2) is 18.6 Å². The first-order chi connectivity index (χ1) is 10.6. The molecule has 3 aromatic heterocycles. The summed E-state index contributed by atoms with van der Waals surface area (Å²) in [5.41, 5.74) is 2.88. The maximum absolute atomic E-state index is 12.0. The van der Waals surface area contributed by atoms with Crippen molar-refractivity contribution in [2.75, 3.05) is 11.9 Å². The van der Waals surface area contributed by atoms with Gasteiger partial charge in [0, 0.05) is 18.0 Å². The van der Waals surface area contributed by atoms with Gasteiger partial charge in [0.25, 0.3) is 0 Å².